The van der Waals surface area contributed by atoms with Crippen LogP contribution in [0.3, 0.4) is 0 Å². The number of hydrogen-bond acceptors (Lipinski definition) is 4. The molecule has 3 nitrogen and oxygen atoms in total. The summed E-state index contributed by atoms with van der Waals surface area (Å²) < 4.78 is 0. The lowest BCUT2D eigenvalue weighted by Crippen LogP contribution is -1.93. The molecular formula is C6H15NO2S2. The van der Waals surface area contributed by atoms with Gasteiger partial charge in [-0.15, -0.1) is 0 Å². The Kier molecular flexibility index (Phi) is 15.9. The molecule has 0 radical (unpaired) electrons. The molecule has 0 saturated carbocycles. The van der Waals surface area contributed by atoms with Gasteiger partial charge >= 0.3 is 5.97 Å². The number of hydrogen-bond donors (Lipinski definition) is 4. The van der Waals surface area contributed by atoms with Crippen molar-refractivity contribution in [3.05, 3.63) is 0 Å². The standard InChI is InChI=1S/C5H10O2S.CH5NS/c6-5(7)3-1-2-4-8;2-1-3/h8H,1-4H2,(H,6,7);3H,1-2H2. The number of thiol groups is 2. The molecule has 68 valence electrons. The summed E-state index contributed by atoms with van der Waals surface area (Å²) in [5.41, 5.74) is 4.71. The summed E-state index contributed by atoms with van der Waals surface area (Å²) in [6, 6.07) is 0. The van der Waals surface area contributed by atoms with Crippen molar-refractivity contribution in [1.29, 1.82) is 0 Å². The number of unbranched alkanes of at least 4 members (excludes halogenated alkanes) is 1. The Morgan fingerprint density at radius 3 is 2.09 bits per heavy atom. The molecule has 0 aliphatic carbocycles. The highest BCUT2D eigenvalue weighted by Gasteiger charge is 1.92. The molecule has 0 aromatic heterocycles. The molecule has 0 spiro atoms. The first-order valence-electron chi connectivity index (χ1n) is 3.32. The number of carboxylic acids is 1. The molecule has 0 rings (SSSR count). The average Bonchev–Trinajstić information content (AvgIpc) is 1.89. The summed E-state index contributed by atoms with van der Waals surface area (Å²) in [7, 11) is 0. The smallest absolute Gasteiger partial charge is 0.303 e. The second-order valence-corrected chi connectivity index (χ2v) is 2.57. The molecule has 0 aromatic carbocycles. The number of aliphatic carboxylic acids is 1. The molecule has 0 saturated heterocycles. The van der Waals surface area contributed by atoms with Crippen molar-refractivity contribution in [3.8, 4) is 0 Å². The van der Waals surface area contributed by atoms with Gasteiger partial charge < -0.3 is 10.8 Å². The second-order valence-electron chi connectivity index (χ2n) is 1.76. The fraction of sp³-hybridized carbons (Fsp3) is 0.833. The van der Waals surface area contributed by atoms with E-state index in [9.17, 15) is 4.79 Å². The molecular weight excluding hydrogens is 182 g/mol. The average molecular weight is 197 g/mol. The second kappa shape index (κ2) is 12.8. The Morgan fingerprint density at radius 2 is 1.82 bits per heavy atom. The van der Waals surface area contributed by atoms with Gasteiger partial charge in [0.05, 0.1) is 0 Å². The minimum absolute atomic E-state index is 0.278. The van der Waals surface area contributed by atoms with E-state index in [1.54, 1.807) is 0 Å². The molecule has 0 atom stereocenters. The third kappa shape index (κ3) is 25.4. The number of carboxylic acid groups (broad SMARTS) is 1. The van der Waals surface area contributed by atoms with Gasteiger partial charge in [0.25, 0.3) is 0 Å². The maximum absolute atomic E-state index is 9.85. The van der Waals surface area contributed by atoms with E-state index in [0.29, 0.717) is 5.88 Å². The summed E-state index contributed by atoms with van der Waals surface area (Å²) in [6.07, 6.45) is 1.93. The van der Waals surface area contributed by atoms with E-state index < -0.39 is 5.97 Å². The first-order chi connectivity index (χ1) is 5.18. The molecule has 0 heterocycles. The minimum atomic E-state index is -0.716. The van der Waals surface area contributed by atoms with Gasteiger partial charge in [0.2, 0.25) is 0 Å². The quantitative estimate of drug-likeness (QED) is 0.309. The molecule has 11 heavy (non-hydrogen) atoms. The number of carbonyl (C=O) groups is 1. The Hall–Kier alpha value is 0.130. The fourth-order valence-corrected chi connectivity index (χ4v) is 0.612. The molecule has 0 bridgehead atoms. The summed E-state index contributed by atoms with van der Waals surface area (Å²) in [5.74, 6) is 0.514. The zero-order chi connectivity index (χ0) is 9.11. The third-order valence-corrected chi connectivity index (χ3v) is 1.11. The Bertz CT molecular complexity index is 90.7. The lowest BCUT2D eigenvalue weighted by molar-refractivity contribution is -0.137. The number of rotatable bonds is 4. The maximum Gasteiger partial charge on any atom is 0.303 e. The highest BCUT2D eigenvalue weighted by atomic mass is 32.1. The SMILES string of the molecule is NCS.O=C(O)CCCCS. The van der Waals surface area contributed by atoms with E-state index in [2.05, 4.69) is 25.3 Å². The van der Waals surface area contributed by atoms with Gasteiger partial charge in [0.15, 0.2) is 0 Å². The van der Waals surface area contributed by atoms with Gasteiger partial charge in [-0.25, -0.2) is 0 Å². The van der Waals surface area contributed by atoms with E-state index in [0.717, 1.165) is 18.6 Å². The van der Waals surface area contributed by atoms with Crippen molar-refractivity contribution in [2.24, 2.45) is 5.73 Å². The van der Waals surface area contributed by atoms with Crippen molar-refractivity contribution < 1.29 is 9.90 Å². The predicted octanol–water partition coefficient (Wildman–Crippen LogP) is 1.00. The van der Waals surface area contributed by atoms with E-state index in [1.165, 1.54) is 0 Å². The summed E-state index contributed by atoms with van der Waals surface area (Å²) in [6.45, 7) is 0. The van der Waals surface area contributed by atoms with Crippen molar-refractivity contribution in [1.82, 2.24) is 0 Å². The molecule has 0 fully saturated rings. The molecule has 0 aromatic rings. The van der Waals surface area contributed by atoms with E-state index in [1.807, 2.05) is 0 Å². The van der Waals surface area contributed by atoms with E-state index in [4.69, 9.17) is 10.8 Å². The van der Waals surface area contributed by atoms with Gasteiger partial charge in [0, 0.05) is 12.3 Å². The Labute approximate surface area is 78.2 Å². The van der Waals surface area contributed by atoms with Crippen LogP contribution in [0.4, 0.5) is 0 Å². The predicted molar refractivity (Wildman–Crippen MR) is 53.4 cm³/mol. The maximum atomic E-state index is 9.85. The van der Waals surface area contributed by atoms with E-state index in [-0.39, 0.29) is 6.42 Å². The molecule has 5 heteroatoms. The monoisotopic (exact) mass is 197 g/mol. The largest absolute Gasteiger partial charge is 0.481 e. The van der Waals surface area contributed by atoms with Gasteiger partial charge in [-0.3, -0.25) is 4.79 Å². The van der Waals surface area contributed by atoms with Crippen molar-refractivity contribution in [3.63, 3.8) is 0 Å². The van der Waals surface area contributed by atoms with Crippen LogP contribution in [0.25, 0.3) is 0 Å². The van der Waals surface area contributed by atoms with Crippen molar-refractivity contribution in [2.45, 2.75) is 19.3 Å². The summed E-state index contributed by atoms with van der Waals surface area (Å²) >= 11 is 7.50. The minimum Gasteiger partial charge on any atom is -0.481 e. The zero-order valence-corrected chi connectivity index (χ0v) is 8.15. The number of nitrogens with two attached hydrogens (primary N) is 1. The highest BCUT2D eigenvalue weighted by Crippen LogP contribution is 1.95. The molecule has 0 unspecified atom stereocenters. The fourth-order valence-electron chi connectivity index (χ4n) is 0.388. The van der Waals surface area contributed by atoms with Crippen LogP contribution in [0.2, 0.25) is 0 Å². The van der Waals surface area contributed by atoms with Crippen LogP contribution in [0, 0.1) is 0 Å². The van der Waals surface area contributed by atoms with Crippen LogP contribution in [-0.4, -0.2) is 22.7 Å². The van der Waals surface area contributed by atoms with Crippen molar-refractivity contribution >= 4 is 31.2 Å². The lowest BCUT2D eigenvalue weighted by atomic mass is 10.3. The lowest BCUT2D eigenvalue weighted by Gasteiger charge is -1.89. The van der Waals surface area contributed by atoms with Crippen molar-refractivity contribution in [2.75, 3.05) is 11.6 Å². The topological polar surface area (TPSA) is 63.3 Å². The molecule has 0 amide bonds. The van der Waals surface area contributed by atoms with Gasteiger partial charge in [-0.2, -0.15) is 25.3 Å². The molecule has 3 N–H and O–H groups in total. The Morgan fingerprint density at radius 1 is 1.36 bits per heavy atom. The van der Waals surface area contributed by atoms with Gasteiger partial charge in [0.1, 0.15) is 0 Å². The Balaban J connectivity index is 0. The van der Waals surface area contributed by atoms with Crippen LogP contribution in [0.15, 0.2) is 0 Å². The van der Waals surface area contributed by atoms with E-state index >= 15 is 0 Å². The van der Waals surface area contributed by atoms with Crippen LogP contribution in [0.1, 0.15) is 19.3 Å². The van der Waals surface area contributed by atoms with Crippen LogP contribution in [0.5, 0.6) is 0 Å². The van der Waals surface area contributed by atoms with Crippen LogP contribution >= 0.6 is 25.3 Å². The van der Waals surface area contributed by atoms with Crippen LogP contribution in [-0.2, 0) is 4.79 Å². The highest BCUT2D eigenvalue weighted by molar-refractivity contribution is 7.80. The van der Waals surface area contributed by atoms with Crippen LogP contribution < -0.4 is 5.73 Å². The molecule has 0 aliphatic rings. The summed E-state index contributed by atoms with van der Waals surface area (Å²) in [5, 5.41) is 8.12. The van der Waals surface area contributed by atoms with Gasteiger partial charge in [-0.05, 0) is 18.6 Å². The first kappa shape index (κ1) is 13.7. The zero-order valence-electron chi connectivity index (χ0n) is 6.36. The summed E-state index contributed by atoms with van der Waals surface area (Å²) in [4.78, 5) is 9.85. The first-order valence-corrected chi connectivity index (χ1v) is 4.59. The van der Waals surface area contributed by atoms with Gasteiger partial charge in [-0.1, -0.05) is 0 Å². The molecule has 0 aliphatic heterocycles. The third-order valence-electron chi connectivity index (χ3n) is 0.799. The normalized spacial score (nSPS) is 8.27.